The van der Waals surface area contributed by atoms with Crippen LogP contribution in [0.15, 0.2) is 41.4 Å². The molecule has 0 unspecified atom stereocenters. The summed E-state index contributed by atoms with van der Waals surface area (Å²) in [4.78, 5) is 6.73. The molecule has 150 valence electrons. The summed E-state index contributed by atoms with van der Waals surface area (Å²) in [6.07, 6.45) is 2.91. The molecule has 1 aliphatic heterocycles. The molecule has 0 radical (unpaired) electrons. The van der Waals surface area contributed by atoms with Gasteiger partial charge in [-0.2, -0.15) is 0 Å². The summed E-state index contributed by atoms with van der Waals surface area (Å²) in [5, 5.41) is 12.8. The predicted molar refractivity (Wildman–Crippen MR) is 111 cm³/mol. The monoisotopic (exact) mass is 383 g/mol. The van der Waals surface area contributed by atoms with Gasteiger partial charge in [-0.3, -0.25) is 4.99 Å². The van der Waals surface area contributed by atoms with Gasteiger partial charge in [0.05, 0.1) is 14.2 Å². The number of hydrogen-bond acceptors (Lipinski definition) is 4. The molecule has 0 amide bonds. The lowest BCUT2D eigenvalue weighted by molar-refractivity contribution is 0.346. The number of nitrogens with one attached hydrogen (secondary N) is 1. The zero-order chi connectivity index (χ0) is 19.9. The zero-order valence-electron chi connectivity index (χ0n) is 16.9. The molecule has 0 atom stereocenters. The second-order valence-corrected chi connectivity index (χ2v) is 6.89. The van der Waals surface area contributed by atoms with E-state index in [1.807, 2.05) is 19.2 Å². The molecule has 2 aromatic carbocycles. The van der Waals surface area contributed by atoms with Crippen LogP contribution < -0.4 is 14.8 Å². The quantitative estimate of drug-likeness (QED) is 0.456. The van der Waals surface area contributed by atoms with Crippen LogP contribution in [0.2, 0.25) is 0 Å². The van der Waals surface area contributed by atoms with E-state index in [4.69, 9.17) is 9.47 Å². The second-order valence-electron chi connectivity index (χ2n) is 6.89. The third kappa shape index (κ3) is 4.68. The van der Waals surface area contributed by atoms with Gasteiger partial charge in [-0.05, 0) is 60.2 Å². The van der Waals surface area contributed by atoms with E-state index in [1.165, 1.54) is 16.7 Å². The number of methoxy groups -OCH3 is 2. The van der Waals surface area contributed by atoms with Crippen molar-refractivity contribution in [3.63, 3.8) is 0 Å². The number of phenolic OH excluding ortho intramolecular Hbond substituents is 1. The number of aromatic hydroxyl groups is 1. The van der Waals surface area contributed by atoms with E-state index in [0.717, 1.165) is 56.4 Å². The number of phenols is 1. The summed E-state index contributed by atoms with van der Waals surface area (Å²) in [7, 11) is 5.16. The van der Waals surface area contributed by atoms with Crippen LogP contribution in [0.5, 0.6) is 17.2 Å². The number of ether oxygens (including phenoxy) is 2. The molecule has 0 aromatic heterocycles. The van der Waals surface area contributed by atoms with Crippen LogP contribution in [0.4, 0.5) is 0 Å². The SMILES string of the molecule is CN=C(NCCCc1ccc(O)cc1)N1CCc2cc(OC)c(OC)cc2C1. The number of aliphatic imine (C=N–C) groups is 1. The van der Waals surface area contributed by atoms with Gasteiger partial charge < -0.3 is 24.8 Å². The number of guanidine groups is 1. The standard InChI is InChI=1S/C22H29N3O3/c1-23-22(24-11-4-5-16-6-8-19(26)9-7-16)25-12-10-17-13-20(27-2)21(28-3)14-18(17)15-25/h6-9,13-14,26H,4-5,10-12,15H2,1-3H3,(H,23,24). The van der Waals surface area contributed by atoms with Crippen LogP contribution in [0.1, 0.15) is 23.1 Å². The molecule has 0 spiro atoms. The number of benzene rings is 2. The number of rotatable bonds is 6. The molecule has 6 heteroatoms. The van der Waals surface area contributed by atoms with E-state index < -0.39 is 0 Å². The van der Waals surface area contributed by atoms with Crippen molar-refractivity contribution in [2.75, 3.05) is 34.4 Å². The Morgan fingerprint density at radius 1 is 1.11 bits per heavy atom. The van der Waals surface area contributed by atoms with Gasteiger partial charge in [-0.1, -0.05) is 12.1 Å². The third-order valence-electron chi connectivity index (χ3n) is 5.09. The van der Waals surface area contributed by atoms with Gasteiger partial charge in [0.15, 0.2) is 17.5 Å². The van der Waals surface area contributed by atoms with Gasteiger partial charge in [-0.15, -0.1) is 0 Å². The van der Waals surface area contributed by atoms with Crippen molar-refractivity contribution in [2.24, 2.45) is 4.99 Å². The molecule has 1 aliphatic rings. The van der Waals surface area contributed by atoms with Crippen LogP contribution in [0.3, 0.4) is 0 Å². The fourth-order valence-electron chi connectivity index (χ4n) is 3.55. The molecule has 0 bridgehead atoms. The lowest BCUT2D eigenvalue weighted by Crippen LogP contribution is -2.44. The molecule has 28 heavy (non-hydrogen) atoms. The van der Waals surface area contributed by atoms with Gasteiger partial charge in [-0.25, -0.2) is 0 Å². The van der Waals surface area contributed by atoms with Crippen LogP contribution in [-0.2, 0) is 19.4 Å². The second kappa shape index (κ2) is 9.35. The Hall–Kier alpha value is -2.89. The predicted octanol–water partition coefficient (Wildman–Crippen LogP) is 2.98. The highest BCUT2D eigenvalue weighted by Crippen LogP contribution is 2.33. The van der Waals surface area contributed by atoms with Crippen molar-refractivity contribution in [2.45, 2.75) is 25.8 Å². The highest BCUT2D eigenvalue weighted by atomic mass is 16.5. The maximum absolute atomic E-state index is 9.36. The molecule has 1 heterocycles. The van der Waals surface area contributed by atoms with E-state index >= 15 is 0 Å². The van der Waals surface area contributed by atoms with Gasteiger partial charge in [0, 0.05) is 26.7 Å². The van der Waals surface area contributed by atoms with Gasteiger partial charge in [0.1, 0.15) is 5.75 Å². The number of aryl methyl sites for hydroxylation is 1. The van der Waals surface area contributed by atoms with Crippen molar-refractivity contribution in [1.82, 2.24) is 10.2 Å². The molecule has 0 fully saturated rings. The Kier molecular flexibility index (Phi) is 6.63. The molecule has 2 N–H and O–H groups in total. The minimum Gasteiger partial charge on any atom is -0.508 e. The maximum atomic E-state index is 9.36. The molecule has 0 aliphatic carbocycles. The van der Waals surface area contributed by atoms with Crippen LogP contribution in [0, 0.1) is 0 Å². The first kappa shape index (κ1) is 19.9. The first-order valence-electron chi connectivity index (χ1n) is 9.62. The average Bonchev–Trinajstić information content (AvgIpc) is 2.73. The van der Waals surface area contributed by atoms with Crippen molar-refractivity contribution in [1.29, 1.82) is 0 Å². The Bertz CT molecular complexity index is 819. The Morgan fingerprint density at radius 3 is 2.43 bits per heavy atom. The first-order chi connectivity index (χ1) is 13.6. The molecular weight excluding hydrogens is 354 g/mol. The summed E-state index contributed by atoms with van der Waals surface area (Å²) in [6, 6.07) is 11.5. The van der Waals surface area contributed by atoms with E-state index in [1.54, 1.807) is 26.4 Å². The fourth-order valence-corrected chi connectivity index (χ4v) is 3.55. The highest BCUT2D eigenvalue weighted by Gasteiger charge is 2.21. The first-order valence-corrected chi connectivity index (χ1v) is 9.62. The largest absolute Gasteiger partial charge is 0.508 e. The van der Waals surface area contributed by atoms with E-state index in [0.29, 0.717) is 5.75 Å². The van der Waals surface area contributed by atoms with Crippen molar-refractivity contribution in [3.8, 4) is 17.2 Å². The highest BCUT2D eigenvalue weighted by molar-refractivity contribution is 5.80. The molecule has 0 saturated heterocycles. The molecular formula is C22H29N3O3. The fraction of sp³-hybridized carbons (Fsp3) is 0.409. The number of nitrogens with zero attached hydrogens (tertiary/aromatic N) is 2. The van der Waals surface area contributed by atoms with E-state index in [9.17, 15) is 5.11 Å². The van der Waals surface area contributed by atoms with Crippen LogP contribution in [-0.4, -0.2) is 50.3 Å². The van der Waals surface area contributed by atoms with Gasteiger partial charge in [0.2, 0.25) is 0 Å². The molecule has 6 nitrogen and oxygen atoms in total. The Balaban J connectivity index is 1.56. The summed E-state index contributed by atoms with van der Waals surface area (Å²) in [6.45, 7) is 2.57. The van der Waals surface area contributed by atoms with Gasteiger partial charge in [0.25, 0.3) is 0 Å². The van der Waals surface area contributed by atoms with E-state index in [-0.39, 0.29) is 0 Å². The Morgan fingerprint density at radius 2 is 1.79 bits per heavy atom. The van der Waals surface area contributed by atoms with E-state index in [2.05, 4.69) is 27.3 Å². The smallest absolute Gasteiger partial charge is 0.193 e. The molecule has 2 aromatic rings. The molecule has 3 rings (SSSR count). The zero-order valence-corrected chi connectivity index (χ0v) is 16.9. The number of fused-ring (bicyclic) bond motifs is 1. The topological polar surface area (TPSA) is 66.3 Å². The van der Waals surface area contributed by atoms with Crippen LogP contribution >= 0.6 is 0 Å². The maximum Gasteiger partial charge on any atom is 0.193 e. The minimum absolute atomic E-state index is 0.307. The summed E-state index contributed by atoms with van der Waals surface area (Å²) >= 11 is 0. The van der Waals surface area contributed by atoms with Gasteiger partial charge >= 0.3 is 0 Å². The van der Waals surface area contributed by atoms with Crippen LogP contribution in [0.25, 0.3) is 0 Å². The lowest BCUT2D eigenvalue weighted by Gasteiger charge is -2.32. The Labute approximate surface area is 166 Å². The van der Waals surface area contributed by atoms with Crippen molar-refractivity contribution >= 4 is 5.96 Å². The molecule has 0 saturated carbocycles. The lowest BCUT2D eigenvalue weighted by atomic mass is 9.99. The minimum atomic E-state index is 0.307. The third-order valence-corrected chi connectivity index (χ3v) is 5.09. The van der Waals surface area contributed by atoms with Crippen molar-refractivity contribution in [3.05, 3.63) is 53.1 Å². The summed E-state index contributed by atoms with van der Waals surface area (Å²) < 4.78 is 10.9. The summed E-state index contributed by atoms with van der Waals surface area (Å²) in [5.74, 6) is 2.78. The van der Waals surface area contributed by atoms with Crippen molar-refractivity contribution < 1.29 is 14.6 Å². The average molecular weight is 383 g/mol. The number of hydrogen-bond donors (Lipinski definition) is 2. The summed E-state index contributed by atoms with van der Waals surface area (Å²) in [5.41, 5.74) is 3.77. The normalized spacial score (nSPS) is 13.8.